The minimum Gasteiger partial charge on any atom is -0.477 e. The third-order valence-electron chi connectivity index (χ3n) is 3.15. The molecule has 0 atom stereocenters. The standard InChI is InChI=1S/C13H20N2O3S/c1-3-4-7-15(9-5-6-9)13-14-10(8-18-2)11(19-13)12(16)17/h9H,3-8H2,1-2H3,(H,16,17). The van der Waals surface area contributed by atoms with Gasteiger partial charge in [-0.1, -0.05) is 24.7 Å². The Morgan fingerprint density at radius 2 is 2.32 bits per heavy atom. The molecule has 2 rings (SSSR count). The summed E-state index contributed by atoms with van der Waals surface area (Å²) in [7, 11) is 1.56. The van der Waals surface area contributed by atoms with Gasteiger partial charge < -0.3 is 14.7 Å². The van der Waals surface area contributed by atoms with Gasteiger partial charge in [-0.3, -0.25) is 0 Å². The molecule has 1 aromatic heterocycles. The lowest BCUT2D eigenvalue weighted by Gasteiger charge is -2.20. The number of aromatic nitrogens is 1. The predicted molar refractivity (Wildman–Crippen MR) is 75.1 cm³/mol. The SMILES string of the molecule is CCCCN(c1nc(COC)c(C(=O)O)s1)C1CC1. The van der Waals surface area contributed by atoms with Crippen LogP contribution in [0, 0.1) is 0 Å². The summed E-state index contributed by atoms with van der Waals surface area (Å²) in [6.07, 6.45) is 4.61. The molecule has 1 aromatic rings. The van der Waals surface area contributed by atoms with Gasteiger partial charge in [-0.15, -0.1) is 0 Å². The van der Waals surface area contributed by atoms with E-state index in [-0.39, 0.29) is 6.61 Å². The van der Waals surface area contributed by atoms with Gasteiger partial charge >= 0.3 is 5.97 Å². The van der Waals surface area contributed by atoms with Crippen LogP contribution in [0.5, 0.6) is 0 Å². The molecule has 0 bridgehead atoms. The van der Waals surface area contributed by atoms with Crippen LogP contribution in [0.25, 0.3) is 0 Å². The number of carboxylic acids is 1. The quantitative estimate of drug-likeness (QED) is 0.795. The van der Waals surface area contributed by atoms with E-state index in [4.69, 9.17) is 4.74 Å². The highest BCUT2D eigenvalue weighted by atomic mass is 32.1. The van der Waals surface area contributed by atoms with E-state index in [1.165, 1.54) is 24.2 Å². The van der Waals surface area contributed by atoms with Gasteiger partial charge in [0.2, 0.25) is 0 Å². The van der Waals surface area contributed by atoms with Gasteiger partial charge in [-0.05, 0) is 19.3 Å². The predicted octanol–water partition coefficient (Wildman–Crippen LogP) is 2.76. The van der Waals surface area contributed by atoms with Crippen molar-refractivity contribution in [3.05, 3.63) is 10.6 Å². The normalized spacial score (nSPS) is 14.6. The molecule has 6 heteroatoms. The number of aromatic carboxylic acids is 1. The molecule has 0 aromatic carbocycles. The van der Waals surface area contributed by atoms with Crippen LogP contribution >= 0.6 is 11.3 Å². The zero-order chi connectivity index (χ0) is 13.8. The van der Waals surface area contributed by atoms with Crippen molar-refractivity contribution in [2.75, 3.05) is 18.6 Å². The number of carbonyl (C=O) groups is 1. The molecule has 1 saturated carbocycles. The number of ether oxygens (including phenoxy) is 1. The molecule has 0 spiro atoms. The molecule has 1 N–H and O–H groups in total. The molecule has 1 heterocycles. The van der Waals surface area contributed by atoms with Crippen molar-refractivity contribution in [3.8, 4) is 0 Å². The van der Waals surface area contributed by atoms with Crippen molar-refractivity contribution in [2.45, 2.75) is 45.3 Å². The number of unbranched alkanes of at least 4 members (excludes halogenated alkanes) is 1. The van der Waals surface area contributed by atoms with E-state index in [2.05, 4.69) is 16.8 Å². The van der Waals surface area contributed by atoms with Crippen molar-refractivity contribution in [1.29, 1.82) is 0 Å². The van der Waals surface area contributed by atoms with Crippen LogP contribution < -0.4 is 4.90 Å². The van der Waals surface area contributed by atoms with E-state index in [1.54, 1.807) is 7.11 Å². The van der Waals surface area contributed by atoms with E-state index < -0.39 is 5.97 Å². The molecule has 19 heavy (non-hydrogen) atoms. The van der Waals surface area contributed by atoms with E-state index in [0.29, 0.717) is 16.6 Å². The molecule has 0 unspecified atom stereocenters. The lowest BCUT2D eigenvalue weighted by molar-refractivity contribution is 0.0697. The number of hydrogen-bond acceptors (Lipinski definition) is 5. The number of methoxy groups -OCH3 is 1. The second kappa shape index (κ2) is 6.34. The summed E-state index contributed by atoms with van der Waals surface area (Å²) in [5, 5.41) is 10.0. The number of nitrogens with zero attached hydrogens (tertiary/aromatic N) is 2. The molecule has 0 aliphatic heterocycles. The first kappa shape index (κ1) is 14.3. The molecule has 1 fully saturated rings. The fourth-order valence-corrected chi connectivity index (χ4v) is 3.02. The van der Waals surface area contributed by atoms with Gasteiger partial charge in [-0.2, -0.15) is 0 Å². The fourth-order valence-electron chi connectivity index (χ4n) is 2.01. The maximum Gasteiger partial charge on any atom is 0.347 e. The lowest BCUT2D eigenvalue weighted by atomic mass is 10.3. The van der Waals surface area contributed by atoms with Gasteiger partial charge in [0.05, 0.1) is 12.3 Å². The summed E-state index contributed by atoms with van der Waals surface area (Å²) in [5.74, 6) is -0.915. The number of anilines is 1. The third kappa shape index (κ3) is 3.45. The van der Waals surface area contributed by atoms with Crippen LogP contribution in [-0.4, -0.2) is 35.8 Å². The van der Waals surface area contributed by atoms with E-state index >= 15 is 0 Å². The molecule has 1 aliphatic rings. The largest absolute Gasteiger partial charge is 0.477 e. The molecular formula is C13H20N2O3S. The first-order chi connectivity index (χ1) is 9.17. The zero-order valence-corrected chi connectivity index (χ0v) is 12.2. The van der Waals surface area contributed by atoms with Crippen molar-refractivity contribution in [2.24, 2.45) is 0 Å². The molecule has 0 amide bonds. The second-order valence-electron chi connectivity index (χ2n) is 4.79. The third-order valence-corrected chi connectivity index (χ3v) is 4.27. The van der Waals surface area contributed by atoms with Crippen LogP contribution in [0.3, 0.4) is 0 Å². The minimum atomic E-state index is -0.915. The Morgan fingerprint density at radius 3 is 2.84 bits per heavy atom. The van der Waals surface area contributed by atoms with Gasteiger partial charge in [0.1, 0.15) is 4.88 Å². The monoisotopic (exact) mass is 284 g/mol. The maximum absolute atomic E-state index is 11.2. The average molecular weight is 284 g/mol. The summed E-state index contributed by atoms with van der Waals surface area (Å²) in [5.41, 5.74) is 0.539. The summed E-state index contributed by atoms with van der Waals surface area (Å²) in [6, 6.07) is 0.551. The van der Waals surface area contributed by atoms with Gasteiger partial charge in [-0.25, -0.2) is 9.78 Å². The molecule has 0 saturated heterocycles. The van der Waals surface area contributed by atoms with Crippen molar-refractivity contribution < 1.29 is 14.6 Å². The van der Waals surface area contributed by atoms with E-state index in [1.807, 2.05) is 0 Å². The van der Waals surface area contributed by atoms with Crippen LogP contribution in [0.1, 0.15) is 48.0 Å². The highest BCUT2D eigenvalue weighted by Crippen LogP contribution is 2.35. The molecule has 106 valence electrons. The highest BCUT2D eigenvalue weighted by molar-refractivity contribution is 7.17. The Hall–Kier alpha value is -1.14. The van der Waals surface area contributed by atoms with E-state index in [9.17, 15) is 9.90 Å². The van der Waals surface area contributed by atoms with Gasteiger partial charge in [0, 0.05) is 19.7 Å². The summed E-state index contributed by atoms with van der Waals surface area (Å²) in [4.78, 5) is 18.3. The second-order valence-corrected chi connectivity index (χ2v) is 5.77. The van der Waals surface area contributed by atoms with Crippen LogP contribution in [0.15, 0.2) is 0 Å². The number of hydrogen-bond donors (Lipinski definition) is 1. The average Bonchev–Trinajstić information content (AvgIpc) is 3.11. The Bertz CT molecular complexity index is 443. The van der Waals surface area contributed by atoms with Gasteiger partial charge in [0.15, 0.2) is 5.13 Å². The summed E-state index contributed by atoms with van der Waals surface area (Å²) in [6.45, 7) is 3.37. The molecule has 0 radical (unpaired) electrons. The molecule has 1 aliphatic carbocycles. The Morgan fingerprint density at radius 1 is 1.58 bits per heavy atom. The minimum absolute atomic E-state index is 0.254. The van der Waals surface area contributed by atoms with Crippen LogP contribution in [0.2, 0.25) is 0 Å². The summed E-state index contributed by atoms with van der Waals surface area (Å²) < 4.78 is 5.03. The Kier molecular flexibility index (Phi) is 4.76. The van der Waals surface area contributed by atoms with Crippen LogP contribution in [-0.2, 0) is 11.3 Å². The fraction of sp³-hybridized carbons (Fsp3) is 0.692. The topological polar surface area (TPSA) is 62.7 Å². The molecular weight excluding hydrogens is 264 g/mol. The summed E-state index contributed by atoms with van der Waals surface area (Å²) >= 11 is 1.27. The Labute approximate surface area is 117 Å². The van der Waals surface area contributed by atoms with Crippen molar-refractivity contribution >= 4 is 22.4 Å². The Balaban J connectivity index is 2.21. The number of rotatable bonds is 8. The zero-order valence-electron chi connectivity index (χ0n) is 11.4. The van der Waals surface area contributed by atoms with E-state index in [0.717, 1.165) is 24.5 Å². The number of carboxylic acid groups (broad SMARTS) is 1. The molecule has 5 nitrogen and oxygen atoms in total. The number of thiazole rings is 1. The highest BCUT2D eigenvalue weighted by Gasteiger charge is 2.32. The van der Waals surface area contributed by atoms with Crippen LogP contribution in [0.4, 0.5) is 5.13 Å². The first-order valence-corrected chi connectivity index (χ1v) is 7.47. The maximum atomic E-state index is 11.2. The smallest absolute Gasteiger partial charge is 0.347 e. The lowest BCUT2D eigenvalue weighted by Crippen LogP contribution is -2.26. The first-order valence-electron chi connectivity index (χ1n) is 6.66. The van der Waals surface area contributed by atoms with Crippen molar-refractivity contribution in [3.63, 3.8) is 0 Å². The van der Waals surface area contributed by atoms with Crippen molar-refractivity contribution in [1.82, 2.24) is 4.98 Å². The van der Waals surface area contributed by atoms with Gasteiger partial charge in [0.25, 0.3) is 0 Å².